The van der Waals surface area contributed by atoms with Crippen LogP contribution in [0.5, 0.6) is 11.5 Å². The quantitative estimate of drug-likeness (QED) is 0.634. The molecule has 3 aromatic rings. The molecule has 0 unspecified atom stereocenters. The third-order valence-electron chi connectivity index (χ3n) is 5.88. The Bertz CT molecular complexity index is 976. The molecule has 2 aliphatic heterocycles. The monoisotopic (exact) mass is 381 g/mol. The SMILES string of the molecule is COc1cc2c(cc1OCCCN1CCCC1)[nH]c1ncnc(N3CCC3)c12. The van der Waals surface area contributed by atoms with Crippen molar-refractivity contribution in [3.05, 3.63) is 18.5 Å². The molecule has 1 aromatic carbocycles. The number of ether oxygens (including phenoxy) is 2. The first-order chi connectivity index (χ1) is 13.8. The van der Waals surface area contributed by atoms with Crippen LogP contribution in [0.25, 0.3) is 21.9 Å². The van der Waals surface area contributed by atoms with Crippen LogP contribution in [-0.2, 0) is 0 Å². The predicted molar refractivity (Wildman–Crippen MR) is 111 cm³/mol. The second-order valence-electron chi connectivity index (χ2n) is 7.69. The molecule has 0 aliphatic carbocycles. The summed E-state index contributed by atoms with van der Waals surface area (Å²) in [5.74, 6) is 2.54. The van der Waals surface area contributed by atoms with Crippen molar-refractivity contribution in [2.75, 3.05) is 51.3 Å². The number of H-pyrrole nitrogens is 1. The molecule has 2 fully saturated rings. The van der Waals surface area contributed by atoms with Crippen LogP contribution in [0.1, 0.15) is 25.7 Å². The van der Waals surface area contributed by atoms with Crippen molar-refractivity contribution >= 4 is 27.8 Å². The van der Waals surface area contributed by atoms with Gasteiger partial charge in [-0.15, -0.1) is 0 Å². The topological polar surface area (TPSA) is 66.5 Å². The second kappa shape index (κ2) is 7.47. The Morgan fingerprint density at radius 2 is 1.89 bits per heavy atom. The van der Waals surface area contributed by atoms with Gasteiger partial charge in [0.15, 0.2) is 11.5 Å². The fraction of sp³-hybridized carbons (Fsp3) is 0.524. The van der Waals surface area contributed by atoms with Crippen LogP contribution in [0.3, 0.4) is 0 Å². The standard InChI is InChI=1S/C21H27N5O2/c1-27-17-12-15-16(13-18(17)28-11-5-8-25-6-2-3-7-25)24-20-19(15)21(23-14-22-20)26-9-4-10-26/h12-14H,2-11H2,1H3,(H,22,23,24). The van der Waals surface area contributed by atoms with E-state index < -0.39 is 0 Å². The van der Waals surface area contributed by atoms with E-state index in [1.165, 1.54) is 32.4 Å². The number of hydrogen-bond donors (Lipinski definition) is 1. The van der Waals surface area contributed by atoms with Gasteiger partial charge in [-0.05, 0) is 44.8 Å². The van der Waals surface area contributed by atoms with Crippen molar-refractivity contribution in [3.63, 3.8) is 0 Å². The first-order valence-electron chi connectivity index (χ1n) is 10.3. The van der Waals surface area contributed by atoms with Gasteiger partial charge in [-0.3, -0.25) is 0 Å². The molecule has 2 saturated heterocycles. The molecule has 0 radical (unpaired) electrons. The number of benzene rings is 1. The van der Waals surface area contributed by atoms with Gasteiger partial charge in [-0.2, -0.15) is 0 Å². The summed E-state index contributed by atoms with van der Waals surface area (Å²) < 4.78 is 11.7. The summed E-state index contributed by atoms with van der Waals surface area (Å²) in [6.45, 7) is 6.35. The van der Waals surface area contributed by atoms with Gasteiger partial charge in [-0.25, -0.2) is 9.97 Å². The highest BCUT2D eigenvalue weighted by Gasteiger charge is 2.22. The molecule has 2 aromatic heterocycles. The largest absolute Gasteiger partial charge is 0.493 e. The first-order valence-corrected chi connectivity index (χ1v) is 10.3. The number of hydrogen-bond acceptors (Lipinski definition) is 6. The number of fused-ring (bicyclic) bond motifs is 3. The average Bonchev–Trinajstić information content (AvgIpc) is 3.30. The lowest BCUT2D eigenvalue weighted by atomic mass is 10.1. The van der Waals surface area contributed by atoms with Gasteiger partial charge in [0.1, 0.15) is 17.8 Å². The fourth-order valence-electron chi connectivity index (χ4n) is 4.23. The maximum atomic E-state index is 6.08. The Morgan fingerprint density at radius 1 is 1.04 bits per heavy atom. The van der Waals surface area contributed by atoms with Gasteiger partial charge in [0.25, 0.3) is 0 Å². The van der Waals surface area contributed by atoms with E-state index in [0.29, 0.717) is 6.61 Å². The Hall–Kier alpha value is -2.54. The molecular formula is C21H27N5O2. The third-order valence-corrected chi connectivity index (χ3v) is 5.88. The van der Waals surface area contributed by atoms with Gasteiger partial charge in [0.05, 0.1) is 24.6 Å². The van der Waals surface area contributed by atoms with Gasteiger partial charge in [0.2, 0.25) is 0 Å². The predicted octanol–water partition coefficient (Wildman–Crippen LogP) is 3.19. The number of nitrogens with one attached hydrogen (secondary N) is 1. The molecule has 4 heterocycles. The molecule has 2 aliphatic rings. The summed E-state index contributed by atoms with van der Waals surface area (Å²) in [6.07, 6.45) is 6.53. The van der Waals surface area contributed by atoms with E-state index in [1.807, 2.05) is 6.07 Å². The zero-order valence-corrected chi connectivity index (χ0v) is 16.4. The lowest BCUT2D eigenvalue weighted by Gasteiger charge is -2.32. The molecule has 148 valence electrons. The van der Waals surface area contributed by atoms with Gasteiger partial charge < -0.3 is 24.3 Å². The third kappa shape index (κ3) is 3.13. The second-order valence-corrected chi connectivity index (χ2v) is 7.69. The van der Waals surface area contributed by atoms with E-state index in [-0.39, 0.29) is 0 Å². The van der Waals surface area contributed by atoms with Crippen LogP contribution < -0.4 is 14.4 Å². The van der Waals surface area contributed by atoms with Crippen molar-refractivity contribution in [3.8, 4) is 11.5 Å². The highest BCUT2D eigenvalue weighted by atomic mass is 16.5. The maximum Gasteiger partial charge on any atom is 0.163 e. The van der Waals surface area contributed by atoms with Crippen molar-refractivity contribution in [2.24, 2.45) is 0 Å². The average molecular weight is 381 g/mol. The summed E-state index contributed by atoms with van der Waals surface area (Å²) in [7, 11) is 1.69. The van der Waals surface area contributed by atoms with Crippen LogP contribution in [-0.4, -0.2) is 66.3 Å². The minimum absolute atomic E-state index is 0.692. The number of rotatable bonds is 7. The molecule has 1 N–H and O–H groups in total. The number of aromatic amines is 1. The van der Waals surface area contributed by atoms with Crippen molar-refractivity contribution in [1.82, 2.24) is 19.9 Å². The molecule has 7 heteroatoms. The molecule has 0 atom stereocenters. The molecule has 7 nitrogen and oxygen atoms in total. The summed E-state index contributed by atoms with van der Waals surface area (Å²) in [6, 6.07) is 4.09. The van der Waals surface area contributed by atoms with Gasteiger partial charge >= 0.3 is 0 Å². The normalized spacial score (nSPS) is 17.4. The number of methoxy groups -OCH3 is 1. The Morgan fingerprint density at radius 3 is 2.64 bits per heavy atom. The Balaban J connectivity index is 1.41. The maximum absolute atomic E-state index is 6.08. The van der Waals surface area contributed by atoms with Crippen LogP contribution in [0.2, 0.25) is 0 Å². The van der Waals surface area contributed by atoms with E-state index in [4.69, 9.17) is 9.47 Å². The lowest BCUT2D eigenvalue weighted by Crippen LogP contribution is -2.37. The van der Waals surface area contributed by atoms with Crippen molar-refractivity contribution < 1.29 is 9.47 Å². The fourth-order valence-corrected chi connectivity index (χ4v) is 4.23. The number of likely N-dealkylation sites (tertiary alicyclic amines) is 1. The minimum atomic E-state index is 0.692. The summed E-state index contributed by atoms with van der Waals surface area (Å²) in [4.78, 5) is 17.2. The van der Waals surface area contributed by atoms with E-state index in [1.54, 1.807) is 13.4 Å². The van der Waals surface area contributed by atoms with E-state index in [2.05, 4.69) is 30.8 Å². The first kappa shape index (κ1) is 17.6. The molecule has 0 amide bonds. The summed E-state index contributed by atoms with van der Waals surface area (Å²) in [5, 5.41) is 2.15. The van der Waals surface area contributed by atoms with Gasteiger partial charge in [0, 0.05) is 31.1 Å². The number of nitrogens with zero attached hydrogens (tertiary/aromatic N) is 4. The minimum Gasteiger partial charge on any atom is -0.493 e. The van der Waals surface area contributed by atoms with Crippen LogP contribution >= 0.6 is 0 Å². The molecule has 5 rings (SSSR count). The van der Waals surface area contributed by atoms with Crippen LogP contribution in [0.4, 0.5) is 5.82 Å². The Kier molecular flexibility index (Phi) is 4.68. The van der Waals surface area contributed by atoms with Gasteiger partial charge in [-0.1, -0.05) is 0 Å². The summed E-state index contributed by atoms with van der Waals surface area (Å²) in [5.41, 5.74) is 1.87. The molecule has 0 bridgehead atoms. The van der Waals surface area contributed by atoms with Crippen LogP contribution in [0.15, 0.2) is 18.5 Å². The zero-order chi connectivity index (χ0) is 18.9. The Labute approximate surface area is 164 Å². The molecular weight excluding hydrogens is 354 g/mol. The van der Waals surface area contributed by atoms with E-state index in [9.17, 15) is 0 Å². The summed E-state index contributed by atoms with van der Waals surface area (Å²) >= 11 is 0. The molecule has 0 spiro atoms. The number of anilines is 1. The van der Waals surface area contributed by atoms with Crippen LogP contribution in [0, 0.1) is 0 Å². The van der Waals surface area contributed by atoms with Crippen molar-refractivity contribution in [2.45, 2.75) is 25.7 Å². The highest BCUT2D eigenvalue weighted by molar-refractivity contribution is 6.12. The lowest BCUT2D eigenvalue weighted by molar-refractivity contribution is 0.254. The number of aromatic nitrogens is 3. The van der Waals surface area contributed by atoms with E-state index in [0.717, 1.165) is 65.3 Å². The van der Waals surface area contributed by atoms with Crippen molar-refractivity contribution in [1.29, 1.82) is 0 Å². The smallest absolute Gasteiger partial charge is 0.163 e. The molecule has 28 heavy (non-hydrogen) atoms. The zero-order valence-electron chi connectivity index (χ0n) is 16.4. The molecule has 0 saturated carbocycles. The highest BCUT2D eigenvalue weighted by Crippen LogP contribution is 2.39. The van der Waals surface area contributed by atoms with E-state index >= 15 is 0 Å².